The van der Waals surface area contributed by atoms with Gasteiger partial charge in [0.05, 0.1) is 6.10 Å². The predicted molar refractivity (Wildman–Crippen MR) is 92.2 cm³/mol. The van der Waals surface area contributed by atoms with Crippen molar-refractivity contribution >= 4 is 5.91 Å². The van der Waals surface area contributed by atoms with Crippen LogP contribution in [0.3, 0.4) is 0 Å². The molecule has 1 fully saturated rings. The SMILES string of the molecule is CCC(O)C1CCN(C(=O)c2coc(COc3ccc(F)cc3)n2)CC1. The third-order valence-electron chi connectivity index (χ3n) is 4.74. The normalized spacial score (nSPS) is 16.5. The number of nitrogens with zero attached hydrogens (tertiary/aromatic N) is 2. The van der Waals surface area contributed by atoms with Gasteiger partial charge < -0.3 is 19.2 Å². The molecule has 1 aliphatic heterocycles. The van der Waals surface area contributed by atoms with Crippen LogP contribution in [-0.4, -0.2) is 40.1 Å². The van der Waals surface area contributed by atoms with Crippen LogP contribution in [0.1, 0.15) is 42.6 Å². The molecule has 1 atom stereocenters. The Morgan fingerprint density at radius 1 is 1.38 bits per heavy atom. The Balaban J connectivity index is 1.52. The van der Waals surface area contributed by atoms with Gasteiger partial charge in [-0.1, -0.05) is 6.92 Å². The van der Waals surface area contributed by atoms with Crippen LogP contribution in [0.5, 0.6) is 5.75 Å². The summed E-state index contributed by atoms with van der Waals surface area (Å²) in [6, 6.07) is 5.64. The van der Waals surface area contributed by atoms with Crippen molar-refractivity contribution in [3.63, 3.8) is 0 Å². The average molecular weight is 362 g/mol. The van der Waals surface area contributed by atoms with Crippen molar-refractivity contribution in [3.8, 4) is 5.75 Å². The van der Waals surface area contributed by atoms with E-state index in [0.29, 0.717) is 18.8 Å². The van der Waals surface area contributed by atoms with E-state index in [1.54, 1.807) is 4.90 Å². The molecular formula is C19H23FN2O4. The summed E-state index contributed by atoms with van der Waals surface area (Å²) >= 11 is 0. The van der Waals surface area contributed by atoms with Crippen molar-refractivity contribution in [2.45, 2.75) is 38.9 Å². The number of halogens is 1. The van der Waals surface area contributed by atoms with Crippen LogP contribution in [-0.2, 0) is 6.61 Å². The standard InChI is InChI=1S/C19H23FN2O4/c1-2-17(23)13-7-9-22(10-8-13)19(24)16-11-26-18(21-16)12-25-15-5-3-14(20)4-6-15/h3-6,11,13,17,23H,2,7-10,12H2,1H3. The first-order valence-corrected chi connectivity index (χ1v) is 8.87. The maximum absolute atomic E-state index is 12.9. The number of ether oxygens (including phenoxy) is 1. The fourth-order valence-corrected chi connectivity index (χ4v) is 3.13. The van der Waals surface area contributed by atoms with E-state index in [4.69, 9.17) is 9.15 Å². The van der Waals surface area contributed by atoms with Crippen LogP contribution >= 0.6 is 0 Å². The summed E-state index contributed by atoms with van der Waals surface area (Å²) in [6.45, 7) is 3.24. The monoisotopic (exact) mass is 362 g/mol. The minimum absolute atomic E-state index is 0.0592. The van der Waals surface area contributed by atoms with Crippen molar-refractivity contribution in [2.24, 2.45) is 5.92 Å². The molecule has 6 nitrogen and oxygen atoms in total. The lowest BCUT2D eigenvalue weighted by Crippen LogP contribution is -2.41. The second-order valence-corrected chi connectivity index (χ2v) is 6.47. The molecule has 1 aromatic heterocycles. The van der Waals surface area contributed by atoms with Crippen molar-refractivity contribution < 1.29 is 23.4 Å². The predicted octanol–water partition coefficient (Wildman–Crippen LogP) is 3.02. The van der Waals surface area contributed by atoms with Crippen molar-refractivity contribution in [1.82, 2.24) is 9.88 Å². The summed E-state index contributed by atoms with van der Waals surface area (Å²) < 4.78 is 23.6. The highest BCUT2D eigenvalue weighted by atomic mass is 19.1. The van der Waals surface area contributed by atoms with E-state index in [-0.39, 0.29) is 41.9 Å². The second kappa shape index (κ2) is 8.31. The van der Waals surface area contributed by atoms with Crippen molar-refractivity contribution in [1.29, 1.82) is 0 Å². The van der Waals surface area contributed by atoms with Crippen LogP contribution in [0.4, 0.5) is 4.39 Å². The van der Waals surface area contributed by atoms with Crippen molar-refractivity contribution in [2.75, 3.05) is 13.1 Å². The molecule has 1 aromatic carbocycles. The molecule has 0 spiro atoms. The van der Waals surface area contributed by atoms with Crippen LogP contribution in [0.2, 0.25) is 0 Å². The fraction of sp³-hybridized carbons (Fsp3) is 0.474. The van der Waals surface area contributed by atoms with Gasteiger partial charge in [0.2, 0.25) is 5.89 Å². The van der Waals surface area contributed by atoms with Gasteiger partial charge in [-0.25, -0.2) is 9.37 Å². The van der Waals surface area contributed by atoms with E-state index >= 15 is 0 Å². The van der Waals surface area contributed by atoms with Gasteiger partial charge in [-0.2, -0.15) is 0 Å². The zero-order valence-electron chi connectivity index (χ0n) is 14.7. The molecular weight excluding hydrogens is 339 g/mol. The molecule has 0 radical (unpaired) electrons. The number of benzene rings is 1. The van der Waals surface area contributed by atoms with Crippen LogP contribution in [0.25, 0.3) is 0 Å². The number of rotatable bonds is 6. The third kappa shape index (κ3) is 4.40. The molecule has 1 N–H and O–H groups in total. The van der Waals surface area contributed by atoms with Gasteiger partial charge in [-0.3, -0.25) is 4.79 Å². The molecule has 7 heteroatoms. The average Bonchev–Trinajstić information content (AvgIpc) is 3.15. The molecule has 0 aliphatic carbocycles. The summed E-state index contributed by atoms with van der Waals surface area (Å²) in [7, 11) is 0. The Morgan fingerprint density at radius 2 is 2.08 bits per heavy atom. The van der Waals surface area contributed by atoms with Gasteiger partial charge in [0.15, 0.2) is 12.3 Å². The first-order valence-electron chi connectivity index (χ1n) is 8.87. The van der Waals surface area contributed by atoms with Gasteiger partial charge in [0, 0.05) is 13.1 Å². The Labute approximate surface area is 151 Å². The van der Waals surface area contributed by atoms with E-state index in [0.717, 1.165) is 19.3 Å². The molecule has 2 aromatic rings. The Hall–Kier alpha value is -2.41. The minimum atomic E-state index is -0.336. The van der Waals surface area contributed by atoms with Crippen LogP contribution in [0, 0.1) is 11.7 Å². The first kappa shape index (κ1) is 18.4. The first-order chi connectivity index (χ1) is 12.6. The maximum atomic E-state index is 12.9. The molecule has 0 bridgehead atoms. The number of likely N-dealkylation sites (tertiary alicyclic amines) is 1. The molecule has 140 valence electrons. The Bertz CT molecular complexity index is 723. The van der Waals surface area contributed by atoms with Gasteiger partial charge in [-0.05, 0) is 49.4 Å². The quantitative estimate of drug-likeness (QED) is 0.855. The highest BCUT2D eigenvalue weighted by molar-refractivity contribution is 5.92. The Morgan fingerprint density at radius 3 is 2.73 bits per heavy atom. The molecule has 1 saturated heterocycles. The van der Waals surface area contributed by atoms with Gasteiger partial charge in [0.1, 0.15) is 17.8 Å². The molecule has 1 aliphatic rings. The summed E-state index contributed by atoms with van der Waals surface area (Å²) in [6.07, 6.45) is 3.35. The number of oxazole rings is 1. The smallest absolute Gasteiger partial charge is 0.275 e. The number of aliphatic hydroxyl groups excluding tert-OH is 1. The zero-order chi connectivity index (χ0) is 18.5. The lowest BCUT2D eigenvalue weighted by molar-refractivity contribution is 0.0450. The van der Waals surface area contributed by atoms with Gasteiger partial charge in [0.25, 0.3) is 5.91 Å². The number of amides is 1. The summed E-state index contributed by atoms with van der Waals surface area (Å²) in [5.74, 6) is 0.520. The highest BCUT2D eigenvalue weighted by Gasteiger charge is 2.28. The molecule has 26 heavy (non-hydrogen) atoms. The minimum Gasteiger partial charge on any atom is -0.484 e. The van der Waals surface area contributed by atoms with Gasteiger partial charge in [-0.15, -0.1) is 0 Å². The number of hydrogen-bond donors (Lipinski definition) is 1. The molecule has 0 saturated carbocycles. The third-order valence-corrected chi connectivity index (χ3v) is 4.74. The number of carbonyl (C=O) groups is 1. The summed E-state index contributed by atoms with van der Waals surface area (Å²) in [5, 5.41) is 9.93. The number of aliphatic hydroxyl groups is 1. The topological polar surface area (TPSA) is 75.8 Å². The van der Waals surface area contributed by atoms with Crippen LogP contribution < -0.4 is 4.74 Å². The molecule has 2 heterocycles. The maximum Gasteiger partial charge on any atom is 0.275 e. The fourth-order valence-electron chi connectivity index (χ4n) is 3.13. The lowest BCUT2D eigenvalue weighted by Gasteiger charge is -2.33. The second-order valence-electron chi connectivity index (χ2n) is 6.47. The summed E-state index contributed by atoms with van der Waals surface area (Å²) in [4.78, 5) is 18.4. The van der Waals surface area contributed by atoms with E-state index in [1.165, 1.54) is 30.5 Å². The van der Waals surface area contributed by atoms with E-state index in [1.807, 2.05) is 6.92 Å². The van der Waals surface area contributed by atoms with E-state index in [9.17, 15) is 14.3 Å². The highest BCUT2D eigenvalue weighted by Crippen LogP contribution is 2.23. The number of piperidine rings is 1. The zero-order valence-corrected chi connectivity index (χ0v) is 14.7. The van der Waals surface area contributed by atoms with Crippen LogP contribution in [0.15, 0.2) is 34.9 Å². The Kier molecular flexibility index (Phi) is 5.88. The number of aromatic nitrogens is 1. The number of hydrogen-bond acceptors (Lipinski definition) is 5. The van der Waals surface area contributed by atoms with Gasteiger partial charge >= 0.3 is 0 Å². The molecule has 1 amide bonds. The molecule has 3 rings (SSSR count). The largest absolute Gasteiger partial charge is 0.484 e. The number of carbonyl (C=O) groups excluding carboxylic acids is 1. The lowest BCUT2D eigenvalue weighted by atomic mass is 9.90. The van der Waals surface area contributed by atoms with Crippen molar-refractivity contribution in [3.05, 3.63) is 47.9 Å². The molecule has 1 unspecified atom stereocenters. The van der Waals surface area contributed by atoms with E-state index < -0.39 is 0 Å². The summed E-state index contributed by atoms with van der Waals surface area (Å²) in [5.41, 5.74) is 0.247. The van der Waals surface area contributed by atoms with E-state index in [2.05, 4.69) is 4.98 Å².